The average Bonchev–Trinajstić information content (AvgIpc) is 3.09. The Bertz CT molecular complexity index is 2030. The van der Waals surface area contributed by atoms with Gasteiger partial charge in [0.15, 0.2) is 11.6 Å². The number of benzene rings is 5. The van der Waals surface area contributed by atoms with Gasteiger partial charge in [-0.25, -0.2) is 8.42 Å². The van der Waals surface area contributed by atoms with Crippen LogP contribution in [0.4, 0.5) is 0 Å². The van der Waals surface area contributed by atoms with Crippen molar-refractivity contribution >= 4 is 21.4 Å². The van der Waals surface area contributed by atoms with Gasteiger partial charge in [0, 0.05) is 22.1 Å². The van der Waals surface area contributed by atoms with Gasteiger partial charge in [0.1, 0.15) is 0 Å². The number of carbonyl (C=O) groups excluding carboxylic acids is 2. The first-order valence-electron chi connectivity index (χ1n) is 14.8. The number of rotatable bonds is 8. The molecule has 5 aromatic rings. The number of aryl methyl sites for hydroxylation is 1. The van der Waals surface area contributed by atoms with Crippen molar-refractivity contribution in [2.45, 2.75) is 34.5 Å². The molecule has 222 valence electrons. The molecule has 0 bridgehead atoms. The van der Waals surface area contributed by atoms with Crippen LogP contribution in [-0.2, 0) is 20.7 Å². The molecule has 2 atom stereocenters. The van der Waals surface area contributed by atoms with E-state index in [2.05, 4.69) is 25.1 Å². The van der Waals surface area contributed by atoms with Crippen molar-refractivity contribution in [1.82, 2.24) is 0 Å². The molecule has 0 heterocycles. The van der Waals surface area contributed by atoms with Crippen molar-refractivity contribution in [2.24, 2.45) is 0 Å². The number of hydrogen-bond acceptors (Lipinski definition) is 4. The van der Waals surface area contributed by atoms with Gasteiger partial charge in [-0.3, -0.25) is 9.59 Å². The number of carbonyl (C=O) groups is 2. The zero-order chi connectivity index (χ0) is 31.7. The van der Waals surface area contributed by atoms with E-state index in [4.69, 9.17) is 0 Å². The van der Waals surface area contributed by atoms with E-state index in [-0.39, 0.29) is 21.4 Å². The monoisotopic (exact) mass is 608 g/mol. The fourth-order valence-electron chi connectivity index (χ4n) is 6.21. The van der Waals surface area contributed by atoms with E-state index in [9.17, 15) is 18.0 Å². The molecule has 5 heteroatoms. The van der Waals surface area contributed by atoms with E-state index in [0.29, 0.717) is 22.3 Å². The highest BCUT2D eigenvalue weighted by Gasteiger charge is 2.53. The Hall–Kier alpha value is -5.13. The van der Waals surface area contributed by atoms with Gasteiger partial charge in [-0.1, -0.05) is 134 Å². The quantitative estimate of drug-likeness (QED) is 0.166. The highest BCUT2D eigenvalue weighted by atomic mass is 32.2. The summed E-state index contributed by atoms with van der Waals surface area (Å²) in [5.74, 6) is -0.260. The van der Waals surface area contributed by atoms with Gasteiger partial charge in [-0.15, -0.1) is 0 Å². The zero-order valence-corrected chi connectivity index (χ0v) is 25.9. The lowest BCUT2D eigenvalue weighted by molar-refractivity contribution is 0.0870. The first-order chi connectivity index (χ1) is 21.7. The smallest absolute Gasteiger partial charge is 0.206 e. The Morgan fingerprint density at radius 3 is 1.58 bits per heavy atom. The summed E-state index contributed by atoms with van der Waals surface area (Å²) in [6.07, 6.45) is 7.84. The Balaban J connectivity index is 1.41. The largest absolute Gasteiger partial charge is 0.293 e. The lowest BCUT2D eigenvalue weighted by Crippen LogP contribution is -2.51. The third kappa shape index (κ3) is 5.19. The van der Waals surface area contributed by atoms with Crippen LogP contribution in [0, 0.1) is 6.92 Å². The second kappa shape index (κ2) is 11.8. The van der Waals surface area contributed by atoms with Crippen molar-refractivity contribution in [2.75, 3.05) is 0 Å². The van der Waals surface area contributed by atoms with Gasteiger partial charge in [-0.2, -0.15) is 0 Å². The maximum Gasteiger partial charge on any atom is 0.206 e. The van der Waals surface area contributed by atoms with Crippen LogP contribution in [-0.4, -0.2) is 20.0 Å². The molecule has 6 rings (SSSR count). The molecule has 0 saturated heterocycles. The summed E-state index contributed by atoms with van der Waals surface area (Å²) < 4.78 is 27.4. The van der Waals surface area contributed by atoms with Crippen molar-refractivity contribution in [3.8, 4) is 0 Å². The Labute approximate surface area is 264 Å². The highest BCUT2D eigenvalue weighted by molar-refractivity contribution is 7.91. The fourth-order valence-corrected chi connectivity index (χ4v) is 7.47. The predicted octanol–water partition coefficient (Wildman–Crippen LogP) is 8.26. The summed E-state index contributed by atoms with van der Waals surface area (Å²) in [4.78, 5) is 27.7. The first-order valence-corrected chi connectivity index (χ1v) is 16.2. The number of hydrogen-bond donors (Lipinski definition) is 0. The minimum Gasteiger partial charge on any atom is -0.293 e. The molecule has 45 heavy (non-hydrogen) atoms. The Morgan fingerprint density at radius 1 is 0.533 bits per heavy atom. The van der Waals surface area contributed by atoms with Crippen LogP contribution < -0.4 is 0 Å². The van der Waals surface area contributed by atoms with E-state index in [0.717, 1.165) is 11.1 Å². The summed E-state index contributed by atoms with van der Waals surface area (Å²) >= 11 is 0. The topological polar surface area (TPSA) is 68.3 Å². The maximum atomic E-state index is 14.6. The van der Waals surface area contributed by atoms with E-state index in [1.807, 2.05) is 73.7 Å². The van der Waals surface area contributed by atoms with Crippen LogP contribution in [0.25, 0.3) is 0 Å². The molecule has 0 N–H and O–H groups in total. The molecular formula is C40H32O4S. The van der Waals surface area contributed by atoms with Crippen LogP contribution in [0.3, 0.4) is 0 Å². The molecule has 1 aliphatic carbocycles. The number of allylic oxidation sites excluding steroid dienone is 4. The number of Topliss-reactive ketones (excluding diaryl/α,β-unsaturated/α-hetero) is 1. The minimum absolute atomic E-state index is 0.0824. The summed E-state index contributed by atoms with van der Waals surface area (Å²) in [7, 11) is -3.90. The fraction of sp³-hybridized carbons (Fsp3) is 0.100. The van der Waals surface area contributed by atoms with E-state index < -0.39 is 20.7 Å². The highest BCUT2D eigenvalue weighted by Crippen LogP contribution is 2.50. The molecule has 0 amide bonds. The Morgan fingerprint density at radius 2 is 1.00 bits per heavy atom. The van der Waals surface area contributed by atoms with Gasteiger partial charge in [0.2, 0.25) is 9.84 Å². The Kier molecular flexibility index (Phi) is 7.81. The van der Waals surface area contributed by atoms with Crippen LogP contribution >= 0.6 is 0 Å². The second-order valence-electron chi connectivity index (χ2n) is 11.5. The molecule has 0 saturated carbocycles. The maximum absolute atomic E-state index is 14.6. The molecule has 0 aliphatic heterocycles. The molecule has 2 unspecified atom stereocenters. The standard InChI is InChI=1S/C40H32O4S/c1-29-15-19-33(20-16-29)39(2)27-9-10-28-40(39,38(42)32-13-7-4-8-14-32)34-21-25-36(26-22-34)45(43,44)35-23-17-31(18-24-35)37(41)30-11-5-3-6-12-30/h3-28H,1-2H3. The van der Waals surface area contributed by atoms with Crippen molar-refractivity contribution < 1.29 is 18.0 Å². The number of ketones is 2. The van der Waals surface area contributed by atoms with E-state index in [1.165, 1.54) is 24.3 Å². The lowest BCUT2D eigenvalue weighted by Gasteiger charge is -2.47. The molecule has 0 aromatic heterocycles. The second-order valence-corrected chi connectivity index (χ2v) is 13.5. The van der Waals surface area contributed by atoms with Crippen LogP contribution in [0.2, 0.25) is 0 Å². The van der Waals surface area contributed by atoms with Gasteiger partial charge in [0.25, 0.3) is 0 Å². The summed E-state index contributed by atoms with van der Waals surface area (Å²) in [6.45, 7) is 4.08. The summed E-state index contributed by atoms with van der Waals surface area (Å²) in [5, 5.41) is 0. The van der Waals surface area contributed by atoms with Crippen LogP contribution in [0.1, 0.15) is 49.9 Å². The average molecular weight is 609 g/mol. The molecule has 1 aliphatic rings. The zero-order valence-electron chi connectivity index (χ0n) is 25.1. The van der Waals surface area contributed by atoms with Gasteiger partial charge >= 0.3 is 0 Å². The van der Waals surface area contributed by atoms with Crippen molar-refractivity contribution in [3.05, 3.63) is 191 Å². The normalized spacial score (nSPS) is 19.2. The molecule has 4 nitrogen and oxygen atoms in total. The van der Waals surface area contributed by atoms with Crippen molar-refractivity contribution in [1.29, 1.82) is 0 Å². The third-order valence-electron chi connectivity index (χ3n) is 8.83. The van der Waals surface area contributed by atoms with Gasteiger partial charge in [-0.05, 0) is 54.4 Å². The molecule has 5 aromatic carbocycles. The first kappa shape index (κ1) is 29.9. The predicted molar refractivity (Wildman–Crippen MR) is 177 cm³/mol. The third-order valence-corrected chi connectivity index (χ3v) is 10.6. The lowest BCUT2D eigenvalue weighted by atomic mass is 9.53. The summed E-state index contributed by atoms with van der Waals surface area (Å²) in [6, 6.07) is 38.9. The van der Waals surface area contributed by atoms with Gasteiger partial charge < -0.3 is 0 Å². The summed E-state index contributed by atoms with van der Waals surface area (Å²) in [5.41, 5.74) is 2.35. The molecule has 0 radical (unpaired) electrons. The molecular weight excluding hydrogens is 577 g/mol. The molecule has 0 spiro atoms. The van der Waals surface area contributed by atoms with Crippen molar-refractivity contribution in [3.63, 3.8) is 0 Å². The van der Waals surface area contributed by atoms with E-state index >= 15 is 0 Å². The van der Waals surface area contributed by atoms with Gasteiger partial charge in [0.05, 0.1) is 15.2 Å². The molecule has 0 fully saturated rings. The van der Waals surface area contributed by atoms with Crippen LogP contribution in [0.15, 0.2) is 168 Å². The van der Waals surface area contributed by atoms with E-state index in [1.54, 1.807) is 48.5 Å². The SMILES string of the molecule is Cc1ccc(C2(C)C=CC=CC2(C(=O)c2ccccc2)c2ccc(S(=O)(=O)c3ccc(C(=O)c4ccccc4)cc3)cc2)cc1. The van der Waals surface area contributed by atoms with Crippen LogP contribution in [0.5, 0.6) is 0 Å². The number of sulfone groups is 1. The minimum atomic E-state index is -3.90.